The lowest BCUT2D eigenvalue weighted by Crippen LogP contribution is -2.25. The molecule has 0 heterocycles. The molecule has 0 fully saturated rings. The van der Waals surface area contributed by atoms with Crippen LogP contribution in [-0.4, -0.2) is 66.5 Å². The highest BCUT2D eigenvalue weighted by Crippen LogP contribution is 1.68. The lowest BCUT2D eigenvalue weighted by atomic mass is 10.4. The lowest BCUT2D eigenvalue weighted by molar-refractivity contribution is -0.138. The molecule has 0 aromatic rings. The van der Waals surface area contributed by atoms with Crippen LogP contribution in [0.5, 0.6) is 0 Å². The first-order chi connectivity index (χ1) is 8.18. The van der Waals surface area contributed by atoms with E-state index in [1.807, 2.05) is 0 Å². The van der Waals surface area contributed by atoms with E-state index in [9.17, 15) is 14.4 Å². The second-order valence-electron chi connectivity index (χ2n) is 2.98. The molecule has 9 nitrogen and oxygen atoms in total. The molecule has 18 heavy (non-hydrogen) atoms. The molecule has 9 heteroatoms. The highest BCUT2D eigenvalue weighted by atomic mass is 16.4. The third-order valence-electron chi connectivity index (χ3n) is 1.05. The fraction of sp³-hybridized carbons (Fsp3) is 0.667. The number of carboxylic acid groups (broad SMARTS) is 3. The second kappa shape index (κ2) is 15.3. The molecule has 0 aromatic heterocycles. The predicted octanol–water partition coefficient (Wildman–Crippen LogP) is -2.00. The van der Waals surface area contributed by atoms with Gasteiger partial charge in [-0.05, 0) is 21.0 Å². The molecule has 0 aliphatic heterocycles. The topological polar surface area (TPSA) is 162 Å². The molecule has 0 saturated carbocycles. The molecule has 1 atom stereocenters. The van der Waals surface area contributed by atoms with Crippen LogP contribution in [0.1, 0.15) is 6.92 Å². The molecule has 0 amide bonds. The first-order valence-electron chi connectivity index (χ1n) is 4.90. The third-order valence-corrected chi connectivity index (χ3v) is 1.05. The number of nitrogens with one attached hydrogen (secondary N) is 2. The van der Waals surface area contributed by atoms with Crippen molar-refractivity contribution in [2.45, 2.75) is 13.0 Å². The van der Waals surface area contributed by atoms with Gasteiger partial charge in [-0.1, -0.05) is 0 Å². The molecule has 7 N–H and O–H groups in total. The number of hydrogen-bond acceptors (Lipinski definition) is 6. The summed E-state index contributed by atoms with van der Waals surface area (Å²) < 4.78 is 0. The number of aliphatic carboxylic acids is 3. The Kier molecular flexibility index (Phi) is 18.3. The smallest absolute Gasteiger partial charge is 0.320 e. The van der Waals surface area contributed by atoms with Gasteiger partial charge in [-0.3, -0.25) is 14.4 Å². The molecule has 0 bridgehead atoms. The summed E-state index contributed by atoms with van der Waals surface area (Å²) in [7, 11) is 3.18. The Bertz CT molecular complexity index is 228. The second-order valence-corrected chi connectivity index (χ2v) is 2.98. The van der Waals surface area contributed by atoms with Crippen molar-refractivity contribution in [2.24, 2.45) is 5.73 Å². The molecule has 0 aromatic carbocycles. The van der Waals surface area contributed by atoms with Gasteiger partial charge in [-0.15, -0.1) is 0 Å². The average molecular weight is 267 g/mol. The van der Waals surface area contributed by atoms with E-state index < -0.39 is 23.9 Å². The summed E-state index contributed by atoms with van der Waals surface area (Å²) >= 11 is 0. The molecule has 1 unspecified atom stereocenters. The molecule has 0 aliphatic rings. The van der Waals surface area contributed by atoms with Crippen LogP contribution in [-0.2, 0) is 14.4 Å². The van der Waals surface area contributed by atoms with Gasteiger partial charge in [0.2, 0.25) is 0 Å². The Labute approximate surface area is 105 Å². The highest BCUT2D eigenvalue weighted by Gasteiger charge is 1.99. The molecule has 0 saturated heterocycles. The minimum atomic E-state index is -0.963. The van der Waals surface area contributed by atoms with Crippen molar-refractivity contribution in [2.75, 3.05) is 27.2 Å². The monoisotopic (exact) mass is 267 g/mol. The number of rotatable bonds is 5. The lowest BCUT2D eigenvalue weighted by Gasteiger charge is -1.90. The van der Waals surface area contributed by atoms with Gasteiger partial charge in [0, 0.05) is 0 Å². The zero-order valence-corrected chi connectivity index (χ0v) is 10.6. The summed E-state index contributed by atoms with van der Waals surface area (Å²) in [5.41, 5.74) is 4.84. The van der Waals surface area contributed by atoms with Gasteiger partial charge in [0.1, 0.15) is 6.04 Å². The van der Waals surface area contributed by atoms with Crippen molar-refractivity contribution in [3.05, 3.63) is 0 Å². The van der Waals surface area contributed by atoms with Crippen LogP contribution in [0.3, 0.4) is 0 Å². The van der Waals surface area contributed by atoms with Gasteiger partial charge in [-0.2, -0.15) is 0 Å². The Morgan fingerprint density at radius 2 is 1.22 bits per heavy atom. The van der Waals surface area contributed by atoms with Gasteiger partial charge in [0.05, 0.1) is 13.1 Å². The Morgan fingerprint density at radius 3 is 1.22 bits per heavy atom. The first kappa shape index (κ1) is 21.6. The summed E-state index contributed by atoms with van der Waals surface area (Å²) in [5.74, 6) is -2.61. The zero-order valence-electron chi connectivity index (χ0n) is 10.6. The highest BCUT2D eigenvalue weighted by molar-refractivity contribution is 5.72. The molecule has 0 spiro atoms. The number of nitrogens with two attached hydrogens (primary N) is 1. The number of carbonyl (C=O) groups is 3. The summed E-state index contributed by atoms with van der Waals surface area (Å²) in [6.07, 6.45) is 0. The van der Waals surface area contributed by atoms with Gasteiger partial charge in [-0.25, -0.2) is 0 Å². The van der Waals surface area contributed by atoms with Crippen LogP contribution >= 0.6 is 0 Å². The van der Waals surface area contributed by atoms with E-state index in [1.165, 1.54) is 6.92 Å². The molecular formula is C9H21N3O6. The molecule has 0 rings (SSSR count). The van der Waals surface area contributed by atoms with Crippen molar-refractivity contribution in [3.63, 3.8) is 0 Å². The van der Waals surface area contributed by atoms with Crippen LogP contribution < -0.4 is 16.4 Å². The van der Waals surface area contributed by atoms with Crippen LogP contribution in [0.4, 0.5) is 0 Å². The van der Waals surface area contributed by atoms with Crippen molar-refractivity contribution < 1.29 is 29.7 Å². The zero-order chi connectivity index (χ0) is 15.1. The van der Waals surface area contributed by atoms with Crippen LogP contribution in [0, 0.1) is 0 Å². The molecule has 0 aliphatic carbocycles. The maximum Gasteiger partial charge on any atom is 0.320 e. The summed E-state index contributed by atoms with van der Waals surface area (Å²) in [6.45, 7) is 1.50. The van der Waals surface area contributed by atoms with Gasteiger partial charge in [0.15, 0.2) is 0 Å². The number of likely N-dealkylation sites (N-methyl/N-ethyl adjacent to an activating group) is 2. The van der Waals surface area contributed by atoms with E-state index in [-0.39, 0.29) is 13.1 Å². The Hall–Kier alpha value is -1.71. The van der Waals surface area contributed by atoms with Crippen LogP contribution in [0.2, 0.25) is 0 Å². The summed E-state index contributed by atoms with van der Waals surface area (Å²) in [6, 6.07) is -0.731. The van der Waals surface area contributed by atoms with Crippen molar-refractivity contribution >= 4 is 17.9 Å². The minimum Gasteiger partial charge on any atom is -0.480 e. The van der Waals surface area contributed by atoms with E-state index in [1.54, 1.807) is 14.1 Å². The minimum absolute atomic E-state index is 0.0417. The van der Waals surface area contributed by atoms with Crippen LogP contribution in [0.15, 0.2) is 0 Å². The average Bonchev–Trinajstić information content (AvgIpc) is 2.18. The van der Waals surface area contributed by atoms with E-state index >= 15 is 0 Å². The van der Waals surface area contributed by atoms with Gasteiger partial charge in [0.25, 0.3) is 0 Å². The summed E-state index contributed by atoms with van der Waals surface area (Å²) in [4.78, 5) is 28.6. The van der Waals surface area contributed by atoms with Crippen molar-refractivity contribution in [1.82, 2.24) is 10.6 Å². The van der Waals surface area contributed by atoms with E-state index in [2.05, 4.69) is 10.6 Å². The maximum atomic E-state index is 9.57. The standard InChI is InChI=1S/3C3H7NO2/c2*1-4-2-3(5)6;1-2(4)3(5)6/h2*4H,2H2,1H3,(H,5,6);2H,4H2,1H3,(H,5,6). The number of hydrogen-bond donors (Lipinski definition) is 6. The predicted molar refractivity (Wildman–Crippen MR) is 64.4 cm³/mol. The van der Waals surface area contributed by atoms with Crippen LogP contribution in [0.25, 0.3) is 0 Å². The Balaban J connectivity index is -0.000000187. The molecule has 108 valence electrons. The quantitative estimate of drug-likeness (QED) is 0.330. The number of carboxylic acids is 3. The molecule has 0 radical (unpaired) electrons. The maximum absolute atomic E-state index is 9.57. The van der Waals surface area contributed by atoms with E-state index in [0.29, 0.717) is 0 Å². The largest absolute Gasteiger partial charge is 0.480 e. The van der Waals surface area contributed by atoms with Crippen molar-refractivity contribution in [3.8, 4) is 0 Å². The van der Waals surface area contributed by atoms with Gasteiger partial charge < -0.3 is 31.7 Å². The SMILES string of the molecule is CC(N)C(=O)O.CNCC(=O)O.CNCC(=O)O. The normalized spacial score (nSPS) is 10.0. The fourth-order valence-electron chi connectivity index (χ4n) is 0.302. The van der Waals surface area contributed by atoms with Crippen molar-refractivity contribution in [1.29, 1.82) is 0 Å². The fourth-order valence-corrected chi connectivity index (χ4v) is 0.302. The first-order valence-corrected chi connectivity index (χ1v) is 4.90. The molecular weight excluding hydrogens is 246 g/mol. The Morgan fingerprint density at radius 1 is 1.00 bits per heavy atom. The third kappa shape index (κ3) is 36.7. The van der Waals surface area contributed by atoms with E-state index in [4.69, 9.17) is 21.1 Å². The summed E-state index contributed by atoms with van der Waals surface area (Å²) in [5, 5.41) is 28.5. The van der Waals surface area contributed by atoms with E-state index in [0.717, 1.165) is 0 Å². The van der Waals surface area contributed by atoms with Gasteiger partial charge >= 0.3 is 17.9 Å².